The molecule has 0 aliphatic carbocycles. The zero-order valence-electron chi connectivity index (χ0n) is 21.1. The molecule has 4 aromatic rings. The molecule has 0 atom stereocenters. The van der Waals surface area contributed by atoms with E-state index in [4.69, 9.17) is 14.5 Å². The van der Waals surface area contributed by atoms with Crippen LogP contribution in [-0.4, -0.2) is 27.4 Å². The van der Waals surface area contributed by atoms with E-state index in [-0.39, 0.29) is 17.9 Å². The van der Waals surface area contributed by atoms with Crippen LogP contribution in [0.4, 0.5) is 5.69 Å². The molecule has 0 bridgehead atoms. The average Bonchev–Trinajstić information content (AvgIpc) is 2.91. The summed E-state index contributed by atoms with van der Waals surface area (Å²) in [4.78, 5) is 28.6. The van der Waals surface area contributed by atoms with E-state index in [2.05, 4.69) is 28.0 Å². The number of unbranched alkanes of at least 4 members (excludes halogenated alkanes) is 1. The van der Waals surface area contributed by atoms with Crippen molar-refractivity contribution in [1.29, 1.82) is 0 Å². The summed E-state index contributed by atoms with van der Waals surface area (Å²) in [6, 6.07) is 17.1. The van der Waals surface area contributed by atoms with Crippen LogP contribution in [0.5, 0.6) is 11.5 Å². The van der Waals surface area contributed by atoms with Crippen molar-refractivity contribution in [3.05, 3.63) is 103 Å². The summed E-state index contributed by atoms with van der Waals surface area (Å²) in [5, 5.41) is 16.0. The minimum Gasteiger partial charge on any atom is -0.490 e. The maximum atomic E-state index is 13.3. The van der Waals surface area contributed by atoms with Crippen LogP contribution in [0, 0.1) is 10.1 Å². The number of nitro groups is 1. The van der Waals surface area contributed by atoms with Gasteiger partial charge in [-0.15, -0.1) is 0 Å². The zero-order chi connectivity index (χ0) is 27.1. The van der Waals surface area contributed by atoms with Gasteiger partial charge in [0.2, 0.25) is 0 Å². The lowest BCUT2D eigenvalue weighted by atomic mass is 10.2. The molecule has 0 aliphatic rings. The number of fused-ring (bicyclic) bond motifs is 1. The van der Waals surface area contributed by atoms with Gasteiger partial charge in [0.1, 0.15) is 12.4 Å². The van der Waals surface area contributed by atoms with Crippen LogP contribution in [0.3, 0.4) is 0 Å². The number of rotatable bonds is 11. The van der Waals surface area contributed by atoms with E-state index < -0.39 is 4.92 Å². The molecule has 0 radical (unpaired) electrons. The van der Waals surface area contributed by atoms with Gasteiger partial charge < -0.3 is 9.47 Å². The van der Waals surface area contributed by atoms with Gasteiger partial charge in [-0.25, -0.2) is 4.98 Å². The number of non-ortho nitro benzene ring substituents is 1. The Labute approximate surface area is 228 Å². The Morgan fingerprint density at radius 3 is 2.68 bits per heavy atom. The maximum Gasteiger partial charge on any atom is 0.282 e. The van der Waals surface area contributed by atoms with Crippen molar-refractivity contribution in [2.75, 3.05) is 6.61 Å². The highest BCUT2D eigenvalue weighted by atomic mass is 79.9. The molecule has 0 fully saturated rings. The first kappa shape index (κ1) is 27.0. The quantitative estimate of drug-likeness (QED) is 0.118. The van der Waals surface area contributed by atoms with E-state index in [1.807, 2.05) is 19.1 Å². The van der Waals surface area contributed by atoms with Crippen LogP contribution in [-0.2, 0) is 13.0 Å². The fourth-order valence-electron chi connectivity index (χ4n) is 3.85. The molecule has 4 rings (SSSR count). The Kier molecular flexibility index (Phi) is 8.85. The molecule has 0 amide bonds. The molecule has 1 heterocycles. The maximum absolute atomic E-state index is 13.3. The molecule has 0 unspecified atom stereocenters. The number of nitro benzene ring substituents is 1. The highest BCUT2D eigenvalue weighted by Gasteiger charge is 2.12. The number of hydrogen-bond acceptors (Lipinski definition) is 7. The Bertz CT molecular complexity index is 1550. The van der Waals surface area contributed by atoms with Gasteiger partial charge in [-0.2, -0.15) is 9.78 Å². The van der Waals surface area contributed by atoms with Crippen LogP contribution in [0.1, 0.15) is 43.6 Å². The average molecular weight is 579 g/mol. The van der Waals surface area contributed by atoms with Crippen molar-refractivity contribution in [1.82, 2.24) is 9.66 Å². The zero-order valence-corrected chi connectivity index (χ0v) is 22.7. The van der Waals surface area contributed by atoms with Gasteiger partial charge in [-0.3, -0.25) is 14.9 Å². The van der Waals surface area contributed by atoms with Gasteiger partial charge in [0, 0.05) is 23.0 Å². The number of nitrogens with zero attached hydrogens (tertiary/aromatic N) is 4. The second-order valence-corrected chi connectivity index (χ2v) is 9.43. The number of benzene rings is 3. The molecule has 196 valence electrons. The number of halogens is 1. The fourth-order valence-corrected chi connectivity index (χ4v) is 4.21. The molecule has 38 heavy (non-hydrogen) atoms. The first-order valence-corrected chi connectivity index (χ1v) is 13.1. The highest BCUT2D eigenvalue weighted by Crippen LogP contribution is 2.29. The second kappa shape index (κ2) is 12.5. The van der Waals surface area contributed by atoms with Crippen LogP contribution in [0.15, 0.2) is 75.0 Å². The van der Waals surface area contributed by atoms with Gasteiger partial charge >= 0.3 is 0 Å². The van der Waals surface area contributed by atoms with Crippen molar-refractivity contribution in [2.24, 2.45) is 5.10 Å². The largest absolute Gasteiger partial charge is 0.490 e. The van der Waals surface area contributed by atoms with E-state index in [1.54, 1.807) is 42.6 Å². The van der Waals surface area contributed by atoms with E-state index >= 15 is 0 Å². The van der Waals surface area contributed by atoms with Crippen LogP contribution in [0.2, 0.25) is 0 Å². The smallest absolute Gasteiger partial charge is 0.282 e. The Morgan fingerprint density at radius 1 is 1.08 bits per heavy atom. The monoisotopic (exact) mass is 578 g/mol. The molecular formula is C28H27BrN4O5. The lowest BCUT2D eigenvalue weighted by molar-refractivity contribution is -0.384. The standard InChI is InChI=1S/C28H27BrN4O5/c1-3-5-9-27-31-24-12-11-21(29)16-23(24)28(34)32(27)30-17-19-10-13-25(26(15-19)37-4-2)38-18-20-7-6-8-22(14-20)33(35)36/h6-8,10-17H,3-5,9,18H2,1-2H3. The van der Waals surface area contributed by atoms with Crippen LogP contribution >= 0.6 is 15.9 Å². The summed E-state index contributed by atoms with van der Waals surface area (Å²) in [6.07, 6.45) is 4.07. The third-order valence-corrected chi connectivity index (χ3v) is 6.23. The van der Waals surface area contributed by atoms with Gasteiger partial charge in [-0.1, -0.05) is 41.4 Å². The van der Waals surface area contributed by atoms with E-state index in [1.165, 1.54) is 16.8 Å². The van der Waals surface area contributed by atoms with Gasteiger partial charge in [0.15, 0.2) is 11.5 Å². The van der Waals surface area contributed by atoms with E-state index in [0.29, 0.717) is 52.4 Å². The third-order valence-electron chi connectivity index (χ3n) is 5.73. The number of aromatic nitrogens is 2. The van der Waals surface area contributed by atoms with Crippen molar-refractivity contribution in [3.8, 4) is 11.5 Å². The van der Waals surface area contributed by atoms with E-state index in [9.17, 15) is 14.9 Å². The minimum atomic E-state index is -0.438. The van der Waals surface area contributed by atoms with E-state index in [0.717, 1.165) is 17.3 Å². The molecule has 10 heteroatoms. The number of hydrogen-bond donors (Lipinski definition) is 0. The molecular weight excluding hydrogens is 552 g/mol. The summed E-state index contributed by atoms with van der Waals surface area (Å²) in [5.74, 6) is 1.60. The predicted molar refractivity (Wildman–Crippen MR) is 150 cm³/mol. The van der Waals surface area contributed by atoms with Crippen molar-refractivity contribution in [2.45, 2.75) is 39.7 Å². The second-order valence-electron chi connectivity index (χ2n) is 8.51. The Morgan fingerprint density at radius 2 is 1.92 bits per heavy atom. The molecule has 1 aromatic heterocycles. The molecule has 0 N–H and O–H groups in total. The SMILES string of the molecule is CCCCc1nc2ccc(Br)cc2c(=O)n1N=Cc1ccc(OCc2cccc([N+](=O)[O-])c2)c(OCC)c1. The van der Waals surface area contributed by atoms with Gasteiger partial charge in [-0.05, 0) is 60.9 Å². The van der Waals surface area contributed by atoms with Crippen molar-refractivity contribution < 1.29 is 14.4 Å². The molecule has 3 aromatic carbocycles. The van der Waals surface area contributed by atoms with Crippen LogP contribution < -0.4 is 15.0 Å². The van der Waals surface area contributed by atoms with Crippen molar-refractivity contribution >= 4 is 38.7 Å². The first-order valence-electron chi connectivity index (χ1n) is 12.3. The summed E-state index contributed by atoms with van der Waals surface area (Å²) >= 11 is 3.42. The summed E-state index contributed by atoms with van der Waals surface area (Å²) < 4.78 is 13.8. The predicted octanol–water partition coefficient (Wildman–Crippen LogP) is 6.27. The Hall–Kier alpha value is -4.05. The molecule has 9 nitrogen and oxygen atoms in total. The fraction of sp³-hybridized carbons (Fsp3) is 0.250. The Balaban J connectivity index is 1.62. The number of ether oxygens (including phenoxy) is 2. The van der Waals surface area contributed by atoms with Crippen molar-refractivity contribution in [3.63, 3.8) is 0 Å². The molecule has 0 saturated heterocycles. The third kappa shape index (κ3) is 6.44. The molecule has 0 saturated carbocycles. The number of aryl methyl sites for hydroxylation is 1. The lowest BCUT2D eigenvalue weighted by Crippen LogP contribution is -2.22. The lowest BCUT2D eigenvalue weighted by Gasteiger charge is -2.13. The first-order chi connectivity index (χ1) is 18.4. The highest BCUT2D eigenvalue weighted by molar-refractivity contribution is 9.10. The summed E-state index contributed by atoms with van der Waals surface area (Å²) in [6.45, 7) is 4.51. The minimum absolute atomic E-state index is 0.00628. The summed E-state index contributed by atoms with van der Waals surface area (Å²) in [5.41, 5.74) is 1.78. The normalized spacial score (nSPS) is 11.2. The molecule has 0 spiro atoms. The van der Waals surface area contributed by atoms with Crippen LogP contribution in [0.25, 0.3) is 10.9 Å². The van der Waals surface area contributed by atoms with Gasteiger partial charge in [0.25, 0.3) is 11.2 Å². The molecule has 0 aliphatic heterocycles. The summed E-state index contributed by atoms with van der Waals surface area (Å²) in [7, 11) is 0. The topological polar surface area (TPSA) is 109 Å². The van der Waals surface area contributed by atoms with Gasteiger partial charge in [0.05, 0.1) is 28.6 Å².